The summed E-state index contributed by atoms with van der Waals surface area (Å²) >= 11 is 0. The Morgan fingerprint density at radius 2 is 1.88 bits per heavy atom. The summed E-state index contributed by atoms with van der Waals surface area (Å²) in [6.45, 7) is 3.64. The van der Waals surface area contributed by atoms with E-state index >= 15 is 0 Å². The molecule has 0 aliphatic heterocycles. The highest BCUT2D eigenvalue weighted by molar-refractivity contribution is 5.96. The van der Waals surface area contributed by atoms with Crippen molar-refractivity contribution in [1.29, 1.82) is 0 Å². The summed E-state index contributed by atoms with van der Waals surface area (Å²) in [6.07, 6.45) is 0.368. The highest BCUT2D eigenvalue weighted by atomic mass is 16.4. The van der Waals surface area contributed by atoms with Crippen molar-refractivity contribution in [1.82, 2.24) is 5.32 Å². The van der Waals surface area contributed by atoms with Gasteiger partial charge in [0.15, 0.2) is 0 Å². The molecule has 1 amide bonds. The monoisotopic (exact) mass is 221 g/mol. The molecule has 1 aromatic rings. The van der Waals surface area contributed by atoms with Gasteiger partial charge in [-0.3, -0.25) is 4.79 Å². The maximum absolute atomic E-state index is 11.7. The van der Waals surface area contributed by atoms with Crippen molar-refractivity contribution >= 4 is 11.9 Å². The Kier molecular flexibility index (Phi) is 4.05. The van der Waals surface area contributed by atoms with Crippen LogP contribution in [0.4, 0.5) is 0 Å². The van der Waals surface area contributed by atoms with Crippen molar-refractivity contribution in [3.63, 3.8) is 0 Å². The lowest BCUT2D eigenvalue weighted by Crippen LogP contribution is -2.40. The van der Waals surface area contributed by atoms with Gasteiger partial charge in [0.2, 0.25) is 0 Å². The third-order valence-electron chi connectivity index (χ3n) is 2.33. The highest BCUT2D eigenvalue weighted by Crippen LogP contribution is 2.04. The third-order valence-corrected chi connectivity index (χ3v) is 2.33. The van der Waals surface area contributed by atoms with Gasteiger partial charge < -0.3 is 10.4 Å². The Hall–Kier alpha value is -1.84. The molecule has 4 heteroatoms. The molecular weight excluding hydrogens is 206 g/mol. The van der Waals surface area contributed by atoms with Crippen LogP contribution in [0.1, 0.15) is 29.3 Å². The summed E-state index contributed by atoms with van der Waals surface area (Å²) in [5.74, 6) is -1.36. The van der Waals surface area contributed by atoms with Crippen molar-refractivity contribution in [3.05, 3.63) is 35.4 Å². The quantitative estimate of drug-likeness (QED) is 0.811. The second-order valence-corrected chi connectivity index (χ2v) is 3.64. The van der Waals surface area contributed by atoms with E-state index in [0.29, 0.717) is 12.0 Å². The number of nitrogens with one attached hydrogen (secondary N) is 1. The van der Waals surface area contributed by atoms with Crippen LogP contribution in [0.2, 0.25) is 0 Å². The van der Waals surface area contributed by atoms with Crippen LogP contribution in [0, 0.1) is 6.92 Å². The molecule has 1 rings (SSSR count). The summed E-state index contributed by atoms with van der Waals surface area (Å²) in [7, 11) is 0. The smallest absolute Gasteiger partial charge is 0.326 e. The van der Waals surface area contributed by atoms with Crippen molar-refractivity contribution in [2.24, 2.45) is 0 Å². The van der Waals surface area contributed by atoms with Crippen molar-refractivity contribution in [3.8, 4) is 0 Å². The van der Waals surface area contributed by atoms with Gasteiger partial charge in [-0.25, -0.2) is 4.79 Å². The van der Waals surface area contributed by atoms with Crippen LogP contribution in [0.15, 0.2) is 24.3 Å². The average molecular weight is 221 g/mol. The fourth-order valence-electron chi connectivity index (χ4n) is 1.28. The minimum atomic E-state index is -1.01. The molecule has 0 aliphatic carbocycles. The van der Waals surface area contributed by atoms with Gasteiger partial charge in [-0.15, -0.1) is 0 Å². The van der Waals surface area contributed by atoms with E-state index in [4.69, 9.17) is 5.11 Å². The Labute approximate surface area is 94.3 Å². The maximum atomic E-state index is 11.7. The van der Waals surface area contributed by atoms with Crippen molar-refractivity contribution in [2.75, 3.05) is 0 Å². The van der Waals surface area contributed by atoms with Crippen molar-refractivity contribution < 1.29 is 14.7 Å². The minimum Gasteiger partial charge on any atom is -0.480 e. The SMILES string of the molecule is CC[C@H](NC(=O)c1ccc(C)cc1)C(=O)O. The second kappa shape index (κ2) is 5.30. The summed E-state index contributed by atoms with van der Waals surface area (Å²) in [5, 5.41) is 11.3. The van der Waals surface area contributed by atoms with E-state index < -0.39 is 12.0 Å². The molecule has 0 aliphatic rings. The van der Waals surface area contributed by atoms with Gasteiger partial charge in [0.1, 0.15) is 6.04 Å². The van der Waals surface area contributed by atoms with Crippen LogP contribution in [0.5, 0.6) is 0 Å². The largest absolute Gasteiger partial charge is 0.480 e. The number of benzene rings is 1. The highest BCUT2D eigenvalue weighted by Gasteiger charge is 2.17. The first-order valence-corrected chi connectivity index (χ1v) is 5.15. The van der Waals surface area contributed by atoms with Crippen molar-refractivity contribution in [2.45, 2.75) is 26.3 Å². The van der Waals surface area contributed by atoms with Crippen LogP contribution in [-0.2, 0) is 4.79 Å². The van der Waals surface area contributed by atoms with Crippen LogP contribution in [0.25, 0.3) is 0 Å². The van der Waals surface area contributed by atoms with E-state index in [-0.39, 0.29) is 5.91 Å². The number of carbonyl (C=O) groups excluding carboxylic acids is 1. The van der Waals surface area contributed by atoms with Crippen LogP contribution in [0.3, 0.4) is 0 Å². The van der Waals surface area contributed by atoms with Gasteiger partial charge >= 0.3 is 5.97 Å². The van der Waals surface area contributed by atoms with Gasteiger partial charge in [-0.05, 0) is 25.5 Å². The molecule has 0 fully saturated rings. The number of hydrogen-bond donors (Lipinski definition) is 2. The van der Waals surface area contributed by atoms with Crippen LogP contribution in [-0.4, -0.2) is 23.0 Å². The molecule has 0 unspecified atom stereocenters. The van der Waals surface area contributed by atoms with E-state index in [1.54, 1.807) is 19.1 Å². The molecule has 0 saturated heterocycles. The number of amides is 1. The zero-order chi connectivity index (χ0) is 12.1. The Bertz CT molecular complexity index is 384. The normalized spacial score (nSPS) is 11.9. The lowest BCUT2D eigenvalue weighted by atomic mass is 10.1. The molecule has 1 aromatic carbocycles. The number of carboxylic acids is 1. The fourth-order valence-corrected chi connectivity index (χ4v) is 1.28. The average Bonchev–Trinajstić information content (AvgIpc) is 2.26. The Balaban J connectivity index is 2.71. The van der Waals surface area contributed by atoms with Gasteiger partial charge in [0.25, 0.3) is 5.91 Å². The number of aryl methyl sites for hydroxylation is 1. The van der Waals surface area contributed by atoms with Gasteiger partial charge in [-0.2, -0.15) is 0 Å². The first-order chi connectivity index (χ1) is 7.54. The summed E-state index contributed by atoms with van der Waals surface area (Å²) in [6, 6.07) is 6.17. The Morgan fingerprint density at radius 3 is 2.31 bits per heavy atom. The molecular formula is C12H15NO3. The predicted molar refractivity (Wildman–Crippen MR) is 60.4 cm³/mol. The first kappa shape index (κ1) is 12.2. The number of rotatable bonds is 4. The number of hydrogen-bond acceptors (Lipinski definition) is 2. The van der Waals surface area contributed by atoms with E-state index in [0.717, 1.165) is 5.56 Å². The zero-order valence-electron chi connectivity index (χ0n) is 9.36. The second-order valence-electron chi connectivity index (χ2n) is 3.64. The predicted octanol–water partition coefficient (Wildman–Crippen LogP) is 1.59. The fraction of sp³-hybridized carbons (Fsp3) is 0.333. The molecule has 86 valence electrons. The van der Waals surface area contributed by atoms with Crippen LogP contribution >= 0.6 is 0 Å². The molecule has 1 atom stereocenters. The molecule has 0 saturated carbocycles. The van der Waals surface area contributed by atoms with E-state index in [1.807, 2.05) is 19.1 Å². The molecule has 0 heterocycles. The molecule has 2 N–H and O–H groups in total. The number of carboxylic acid groups (broad SMARTS) is 1. The topological polar surface area (TPSA) is 66.4 Å². The lowest BCUT2D eigenvalue weighted by Gasteiger charge is -2.12. The van der Waals surface area contributed by atoms with Gasteiger partial charge in [0.05, 0.1) is 0 Å². The summed E-state index contributed by atoms with van der Waals surface area (Å²) in [4.78, 5) is 22.4. The molecule has 0 bridgehead atoms. The van der Waals surface area contributed by atoms with Crippen LogP contribution < -0.4 is 5.32 Å². The van der Waals surface area contributed by atoms with E-state index in [9.17, 15) is 9.59 Å². The minimum absolute atomic E-state index is 0.353. The number of carbonyl (C=O) groups is 2. The molecule has 16 heavy (non-hydrogen) atoms. The maximum Gasteiger partial charge on any atom is 0.326 e. The number of aliphatic carboxylic acids is 1. The third kappa shape index (κ3) is 3.08. The zero-order valence-corrected chi connectivity index (χ0v) is 9.36. The molecule has 0 radical (unpaired) electrons. The summed E-state index contributed by atoms with van der Waals surface area (Å²) < 4.78 is 0. The molecule has 0 aromatic heterocycles. The molecule has 4 nitrogen and oxygen atoms in total. The standard InChI is InChI=1S/C12H15NO3/c1-3-10(12(15)16)13-11(14)9-6-4-8(2)5-7-9/h4-7,10H,3H2,1-2H3,(H,13,14)(H,15,16)/t10-/m0/s1. The molecule has 0 spiro atoms. The van der Waals surface area contributed by atoms with Gasteiger partial charge in [0, 0.05) is 5.56 Å². The lowest BCUT2D eigenvalue weighted by molar-refractivity contribution is -0.139. The Morgan fingerprint density at radius 1 is 1.31 bits per heavy atom. The van der Waals surface area contributed by atoms with E-state index in [1.165, 1.54) is 0 Å². The van der Waals surface area contributed by atoms with Gasteiger partial charge in [-0.1, -0.05) is 24.6 Å². The summed E-state index contributed by atoms with van der Waals surface area (Å²) in [5.41, 5.74) is 1.53. The van der Waals surface area contributed by atoms with E-state index in [2.05, 4.69) is 5.32 Å². The first-order valence-electron chi connectivity index (χ1n) is 5.15.